The summed E-state index contributed by atoms with van der Waals surface area (Å²) in [6.45, 7) is 5.98. The Morgan fingerprint density at radius 2 is 2.45 bits per heavy atom. The summed E-state index contributed by atoms with van der Waals surface area (Å²) in [4.78, 5) is 4.55. The molecule has 1 N–H and O–H groups in total. The molecule has 1 aliphatic heterocycles. The van der Waals surface area contributed by atoms with Crippen molar-refractivity contribution in [3.8, 4) is 0 Å². The molecule has 4 nitrogen and oxygen atoms in total. The van der Waals surface area contributed by atoms with E-state index in [1.54, 1.807) is 0 Å². The van der Waals surface area contributed by atoms with Gasteiger partial charge in [0.25, 0.3) is 0 Å². The molecule has 3 heterocycles. The molecule has 20 heavy (non-hydrogen) atoms. The Bertz CT molecular complexity index is 558. The van der Waals surface area contributed by atoms with E-state index in [0.717, 1.165) is 44.7 Å². The minimum absolute atomic E-state index is 0.351. The smallest absolute Gasteiger partial charge is 0.140 e. The van der Waals surface area contributed by atoms with Crippen LogP contribution in [-0.2, 0) is 17.8 Å². The third kappa shape index (κ3) is 2.86. The van der Waals surface area contributed by atoms with E-state index in [1.165, 1.54) is 17.4 Å². The summed E-state index contributed by atoms with van der Waals surface area (Å²) in [5.74, 6) is 0. The first-order chi connectivity index (χ1) is 9.88. The highest BCUT2D eigenvalue weighted by Crippen LogP contribution is 2.22. The van der Waals surface area contributed by atoms with Crippen LogP contribution in [-0.4, -0.2) is 28.8 Å². The molecular weight excluding hydrogens is 250 g/mol. The van der Waals surface area contributed by atoms with Gasteiger partial charge in [-0.05, 0) is 43.5 Å². The van der Waals surface area contributed by atoms with Gasteiger partial charge in [-0.2, -0.15) is 0 Å². The zero-order valence-corrected chi connectivity index (χ0v) is 12.1. The van der Waals surface area contributed by atoms with Crippen LogP contribution in [0.1, 0.15) is 31.7 Å². The van der Waals surface area contributed by atoms with E-state index in [1.807, 2.05) is 12.3 Å². The Balaban J connectivity index is 1.83. The van der Waals surface area contributed by atoms with Crippen molar-refractivity contribution < 1.29 is 4.74 Å². The number of hydrogen-bond acceptors (Lipinski definition) is 3. The first kappa shape index (κ1) is 13.6. The minimum atomic E-state index is 0.351. The van der Waals surface area contributed by atoms with Gasteiger partial charge in [-0.25, -0.2) is 4.98 Å². The molecule has 0 aromatic carbocycles. The lowest BCUT2D eigenvalue weighted by Crippen LogP contribution is -2.15. The molecule has 3 rings (SSSR count). The van der Waals surface area contributed by atoms with E-state index < -0.39 is 0 Å². The van der Waals surface area contributed by atoms with Crippen molar-refractivity contribution in [2.75, 3.05) is 13.2 Å². The van der Waals surface area contributed by atoms with Crippen LogP contribution in [0.4, 0.5) is 0 Å². The van der Waals surface area contributed by atoms with Gasteiger partial charge < -0.3 is 14.6 Å². The summed E-state index contributed by atoms with van der Waals surface area (Å²) in [5.41, 5.74) is 2.41. The molecule has 0 amide bonds. The van der Waals surface area contributed by atoms with E-state index in [4.69, 9.17) is 4.74 Å². The topological polar surface area (TPSA) is 39.1 Å². The SMILES string of the molecule is CCCNCc1cn(CC2CCCO2)c2ncccc12. The molecule has 2 aromatic heterocycles. The Labute approximate surface area is 120 Å². The van der Waals surface area contributed by atoms with E-state index in [-0.39, 0.29) is 0 Å². The molecule has 108 valence electrons. The van der Waals surface area contributed by atoms with Crippen LogP contribution in [0.15, 0.2) is 24.5 Å². The lowest BCUT2D eigenvalue weighted by molar-refractivity contribution is 0.0979. The number of fused-ring (bicyclic) bond motifs is 1. The van der Waals surface area contributed by atoms with Gasteiger partial charge in [-0.3, -0.25) is 0 Å². The number of ether oxygens (including phenoxy) is 1. The molecule has 4 heteroatoms. The van der Waals surface area contributed by atoms with Gasteiger partial charge in [-0.1, -0.05) is 6.92 Å². The Morgan fingerprint density at radius 1 is 1.50 bits per heavy atom. The highest BCUT2D eigenvalue weighted by atomic mass is 16.5. The number of aromatic nitrogens is 2. The van der Waals surface area contributed by atoms with Crippen LogP contribution in [0, 0.1) is 0 Å². The summed E-state index contributed by atoms with van der Waals surface area (Å²) in [6.07, 6.45) is 7.97. The minimum Gasteiger partial charge on any atom is -0.376 e. The number of pyridine rings is 1. The lowest BCUT2D eigenvalue weighted by atomic mass is 10.2. The molecular formula is C16H23N3O. The van der Waals surface area contributed by atoms with Gasteiger partial charge in [-0.15, -0.1) is 0 Å². The van der Waals surface area contributed by atoms with E-state index >= 15 is 0 Å². The van der Waals surface area contributed by atoms with Crippen LogP contribution in [0.2, 0.25) is 0 Å². The van der Waals surface area contributed by atoms with Crippen LogP contribution < -0.4 is 5.32 Å². The largest absolute Gasteiger partial charge is 0.376 e. The summed E-state index contributed by atoms with van der Waals surface area (Å²) in [7, 11) is 0. The molecule has 2 aromatic rings. The van der Waals surface area contributed by atoms with Crippen LogP contribution in [0.3, 0.4) is 0 Å². The lowest BCUT2D eigenvalue weighted by Gasteiger charge is -2.10. The average Bonchev–Trinajstić information content (AvgIpc) is 3.09. The van der Waals surface area contributed by atoms with Crippen molar-refractivity contribution in [1.29, 1.82) is 0 Å². The normalized spacial score (nSPS) is 18.9. The standard InChI is InChI=1S/C16H23N3O/c1-2-7-17-10-13-11-19(12-14-5-4-9-20-14)16-15(13)6-3-8-18-16/h3,6,8,11,14,17H,2,4-5,7,9-10,12H2,1H3. The molecule has 1 saturated heterocycles. The van der Waals surface area contributed by atoms with Gasteiger partial charge in [0.05, 0.1) is 12.6 Å². The first-order valence-corrected chi connectivity index (χ1v) is 7.63. The highest BCUT2D eigenvalue weighted by Gasteiger charge is 2.18. The number of rotatable bonds is 6. The summed E-state index contributed by atoms with van der Waals surface area (Å²) in [5, 5.41) is 4.74. The predicted molar refractivity (Wildman–Crippen MR) is 80.7 cm³/mol. The molecule has 0 radical (unpaired) electrons. The summed E-state index contributed by atoms with van der Waals surface area (Å²) < 4.78 is 8.01. The second-order valence-corrected chi connectivity index (χ2v) is 5.49. The van der Waals surface area contributed by atoms with Crippen molar-refractivity contribution in [2.24, 2.45) is 0 Å². The van der Waals surface area contributed by atoms with Gasteiger partial charge >= 0.3 is 0 Å². The predicted octanol–water partition coefficient (Wildman–Crippen LogP) is 2.71. The van der Waals surface area contributed by atoms with Gasteiger partial charge in [0, 0.05) is 30.9 Å². The Morgan fingerprint density at radius 3 is 3.25 bits per heavy atom. The summed E-state index contributed by atoms with van der Waals surface area (Å²) in [6, 6.07) is 4.18. The third-order valence-electron chi connectivity index (χ3n) is 3.88. The summed E-state index contributed by atoms with van der Waals surface area (Å²) >= 11 is 0. The van der Waals surface area contributed by atoms with Crippen molar-refractivity contribution >= 4 is 11.0 Å². The van der Waals surface area contributed by atoms with Crippen LogP contribution >= 0.6 is 0 Å². The fraction of sp³-hybridized carbons (Fsp3) is 0.562. The number of nitrogens with one attached hydrogen (secondary N) is 1. The molecule has 1 atom stereocenters. The monoisotopic (exact) mass is 273 g/mol. The maximum Gasteiger partial charge on any atom is 0.140 e. The zero-order chi connectivity index (χ0) is 13.8. The fourth-order valence-electron chi connectivity index (χ4n) is 2.88. The Hall–Kier alpha value is -1.39. The van der Waals surface area contributed by atoms with Crippen LogP contribution in [0.25, 0.3) is 11.0 Å². The molecule has 1 unspecified atom stereocenters. The maximum atomic E-state index is 5.75. The van der Waals surface area contributed by atoms with Crippen molar-refractivity contribution in [3.05, 3.63) is 30.1 Å². The second-order valence-electron chi connectivity index (χ2n) is 5.49. The Kier molecular flexibility index (Phi) is 4.33. The number of nitrogens with zero attached hydrogens (tertiary/aromatic N) is 2. The van der Waals surface area contributed by atoms with Crippen LogP contribution in [0.5, 0.6) is 0 Å². The molecule has 1 fully saturated rings. The van der Waals surface area contributed by atoms with E-state index in [2.05, 4.69) is 34.1 Å². The second kappa shape index (κ2) is 6.37. The quantitative estimate of drug-likeness (QED) is 0.823. The van der Waals surface area contributed by atoms with Gasteiger partial charge in [0.2, 0.25) is 0 Å². The maximum absolute atomic E-state index is 5.75. The van der Waals surface area contributed by atoms with Crippen molar-refractivity contribution in [3.63, 3.8) is 0 Å². The van der Waals surface area contributed by atoms with Crippen molar-refractivity contribution in [1.82, 2.24) is 14.9 Å². The van der Waals surface area contributed by atoms with E-state index in [0.29, 0.717) is 6.10 Å². The third-order valence-corrected chi connectivity index (χ3v) is 3.88. The first-order valence-electron chi connectivity index (χ1n) is 7.63. The average molecular weight is 273 g/mol. The van der Waals surface area contributed by atoms with E-state index in [9.17, 15) is 0 Å². The molecule has 0 aliphatic carbocycles. The van der Waals surface area contributed by atoms with Gasteiger partial charge in [0.15, 0.2) is 0 Å². The molecule has 0 spiro atoms. The van der Waals surface area contributed by atoms with Gasteiger partial charge in [0.1, 0.15) is 5.65 Å². The highest BCUT2D eigenvalue weighted by molar-refractivity contribution is 5.80. The molecule has 0 saturated carbocycles. The van der Waals surface area contributed by atoms with Crippen molar-refractivity contribution in [2.45, 2.75) is 45.4 Å². The molecule has 1 aliphatic rings. The molecule has 0 bridgehead atoms. The fourth-order valence-corrected chi connectivity index (χ4v) is 2.88. The zero-order valence-electron chi connectivity index (χ0n) is 12.1. The number of hydrogen-bond donors (Lipinski definition) is 1.